The molecule has 7 aromatic carbocycles. The molecule has 0 bridgehead atoms. The zero-order valence-electron chi connectivity index (χ0n) is 27.7. The summed E-state index contributed by atoms with van der Waals surface area (Å²) in [7, 11) is 0. The summed E-state index contributed by atoms with van der Waals surface area (Å²) in [5.41, 5.74) is 8.33. The lowest BCUT2D eigenvalue weighted by Crippen LogP contribution is -2.36. The van der Waals surface area contributed by atoms with E-state index in [1.165, 1.54) is 5.39 Å². The summed E-state index contributed by atoms with van der Waals surface area (Å²) in [5.74, 6) is 1.48. The second kappa shape index (κ2) is 11.2. The van der Waals surface area contributed by atoms with Crippen LogP contribution < -0.4 is 5.32 Å². The van der Waals surface area contributed by atoms with Crippen LogP contribution in [0.4, 0.5) is 0 Å². The van der Waals surface area contributed by atoms with Crippen LogP contribution in [0.15, 0.2) is 177 Å². The van der Waals surface area contributed by atoms with Crippen molar-refractivity contribution in [3.63, 3.8) is 0 Å². The SMILES string of the molecule is c1ccc2cc(C3=NC(c4ccc(-c5cccc6oc7ccccc7c56)c5ccccc45)N=C(c4cccc5oc6ncccc6c45)N3)ccc2c1. The van der Waals surface area contributed by atoms with Crippen molar-refractivity contribution < 1.29 is 8.83 Å². The third kappa shape index (κ3) is 4.41. The standard InChI is InChI=1S/C46H28N4O2/c1-2-11-28-26-29(22-21-27(28)10-1)43-48-44(50-45(49-43)36-16-8-20-40-42(36)37-17-9-25-47-46(37)52-40)34-24-23-32(30-12-3-4-13-31(30)34)33-15-7-19-39-41(33)35-14-5-6-18-38(35)51-39/h1-26,44H,(H,48,49,50). The Kier molecular flexibility index (Phi) is 6.21. The van der Waals surface area contributed by atoms with Crippen LogP contribution in [-0.4, -0.2) is 16.7 Å². The topological polar surface area (TPSA) is 75.9 Å². The van der Waals surface area contributed by atoms with Gasteiger partial charge in [-0.05, 0) is 69.1 Å². The number of aliphatic imine (C=N–C) groups is 2. The summed E-state index contributed by atoms with van der Waals surface area (Å²) in [6, 6.07) is 52.4. The molecule has 6 nitrogen and oxygen atoms in total. The van der Waals surface area contributed by atoms with Gasteiger partial charge in [0, 0.05) is 44.4 Å². The summed E-state index contributed by atoms with van der Waals surface area (Å²) in [6.45, 7) is 0. The van der Waals surface area contributed by atoms with Gasteiger partial charge in [0.25, 0.3) is 0 Å². The first-order valence-electron chi connectivity index (χ1n) is 17.4. The molecule has 1 aliphatic heterocycles. The molecule has 0 fully saturated rings. The monoisotopic (exact) mass is 668 g/mol. The number of nitrogens with zero attached hydrogens (tertiary/aromatic N) is 3. The lowest BCUT2D eigenvalue weighted by atomic mass is 9.91. The maximum Gasteiger partial charge on any atom is 0.227 e. The fourth-order valence-corrected chi connectivity index (χ4v) is 7.85. The van der Waals surface area contributed by atoms with Gasteiger partial charge in [-0.25, -0.2) is 15.0 Å². The largest absolute Gasteiger partial charge is 0.456 e. The average molecular weight is 669 g/mol. The summed E-state index contributed by atoms with van der Waals surface area (Å²) >= 11 is 0. The lowest BCUT2D eigenvalue weighted by molar-refractivity contribution is 0.654. The van der Waals surface area contributed by atoms with Gasteiger partial charge in [-0.15, -0.1) is 0 Å². The molecule has 10 aromatic rings. The minimum absolute atomic E-state index is 0.520. The van der Waals surface area contributed by atoms with Crippen molar-refractivity contribution in [1.82, 2.24) is 10.3 Å². The molecule has 1 unspecified atom stereocenters. The Morgan fingerprint density at radius 3 is 2.06 bits per heavy atom. The Morgan fingerprint density at radius 1 is 0.462 bits per heavy atom. The number of pyridine rings is 1. The van der Waals surface area contributed by atoms with Crippen molar-refractivity contribution in [2.45, 2.75) is 6.17 Å². The maximum absolute atomic E-state index is 6.28. The Balaban J connectivity index is 1.13. The molecule has 1 atom stereocenters. The van der Waals surface area contributed by atoms with Gasteiger partial charge in [-0.3, -0.25) is 0 Å². The molecule has 1 aliphatic rings. The van der Waals surface area contributed by atoms with Crippen molar-refractivity contribution in [3.8, 4) is 11.1 Å². The van der Waals surface area contributed by atoms with Crippen molar-refractivity contribution >= 4 is 77.2 Å². The van der Waals surface area contributed by atoms with Crippen molar-refractivity contribution in [2.75, 3.05) is 0 Å². The van der Waals surface area contributed by atoms with Gasteiger partial charge in [0.2, 0.25) is 5.71 Å². The summed E-state index contributed by atoms with van der Waals surface area (Å²) < 4.78 is 12.5. The minimum Gasteiger partial charge on any atom is -0.456 e. The highest BCUT2D eigenvalue weighted by Gasteiger charge is 2.26. The van der Waals surface area contributed by atoms with E-state index in [1.54, 1.807) is 6.20 Å². The molecule has 0 saturated heterocycles. The maximum atomic E-state index is 6.28. The third-order valence-corrected chi connectivity index (χ3v) is 10.2. The number of aromatic nitrogens is 1. The molecule has 3 aromatic heterocycles. The lowest BCUT2D eigenvalue weighted by Gasteiger charge is -2.24. The molecule has 52 heavy (non-hydrogen) atoms. The molecule has 0 spiro atoms. The van der Waals surface area contributed by atoms with Gasteiger partial charge in [0.05, 0.1) is 0 Å². The van der Waals surface area contributed by atoms with Gasteiger partial charge in [-0.1, -0.05) is 115 Å². The number of benzene rings is 7. The molecule has 0 amide bonds. The molecule has 4 heterocycles. The van der Waals surface area contributed by atoms with E-state index in [0.717, 1.165) is 93.9 Å². The van der Waals surface area contributed by atoms with Crippen LogP contribution in [0.3, 0.4) is 0 Å². The fourth-order valence-electron chi connectivity index (χ4n) is 7.85. The van der Waals surface area contributed by atoms with E-state index in [9.17, 15) is 0 Å². The highest BCUT2D eigenvalue weighted by atomic mass is 16.3. The predicted octanol–water partition coefficient (Wildman–Crippen LogP) is 11.3. The number of amidine groups is 2. The van der Waals surface area contributed by atoms with Gasteiger partial charge in [-0.2, -0.15) is 0 Å². The van der Waals surface area contributed by atoms with E-state index in [1.807, 2.05) is 42.5 Å². The molecule has 1 N–H and O–H groups in total. The summed E-state index contributed by atoms with van der Waals surface area (Å²) in [4.78, 5) is 15.2. The summed E-state index contributed by atoms with van der Waals surface area (Å²) in [6.07, 6.45) is 1.24. The molecule has 244 valence electrons. The number of fused-ring (bicyclic) bond motifs is 8. The quantitative estimate of drug-likeness (QED) is 0.202. The van der Waals surface area contributed by atoms with Crippen LogP contribution in [0.1, 0.15) is 22.9 Å². The number of furan rings is 2. The van der Waals surface area contributed by atoms with Crippen LogP contribution in [0.5, 0.6) is 0 Å². The van der Waals surface area contributed by atoms with Crippen LogP contribution in [-0.2, 0) is 0 Å². The van der Waals surface area contributed by atoms with Gasteiger partial charge in [0.15, 0.2) is 6.17 Å². The number of rotatable bonds is 4. The van der Waals surface area contributed by atoms with E-state index in [-0.39, 0.29) is 0 Å². The summed E-state index contributed by atoms with van der Waals surface area (Å²) in [5, 5.41) is 12.3. The van der Waals surface area contributed by atoms with Crippen LogP contribution in [0.2, 0.25) is 0 Å². The first-order chi connectivity index (χ1) is 25.8. The molecular formula is C46H28N4O2. The van der Waals surface area contributed by atoms with Crippen molar-refractivity contribution in [1.29, 1.82) is 0 Å². The first-order valence-corrected chi connectivity index (χ1v) is 17.4. The van der Waals surface area contributed by atoms with E-state index in [2.05, 4.69) is 119 Å². The van der Waals surface area contributed by atoms with E-state index in [0.29, 0.717) is 5.71 Å². The zero-order valence-corrected chi connectivity index (χ0v) is 27.7. The number of nitrogens with one attached hydrogen (secondary N) is 1. The van der Waals surface area contributed by atoms with E-state index < -0.39 is 6.17 Å². The Hall–Kier alpha value is -7.05. The molecule has 11 rings (SSSR count). The van der Waals surface area contributed by atoms with Crippen LogP contribution in [0.25, 0.3) is 76.7 Å². The van der Waals surface area contributed by atoms with E-state index in [4.69, 9.17) is 18.8 Å². The van der Waals surface area contributed by atoms with Gasteiger partial charge in [0.1, 0.15) is 28.4 Å². The molecule has 0 aliphatic carbocycles. The number of para-hydroxylation sites is 1. The van der Waals surface area contributed by atoms with Crippen LogP contribution >= 0.6 is 0 Å². The number of hydrogen-bond donors (Lipinski definition) is 1. The van der Waals surface area contributed by atoms with Crippen LogP contribution in [0, 0.1) is 0 Å². The Bertz CT molecular complexity index is 3130. The normalized spacial score (nSPS) is 14.7. The average Bonchev–Trinajstić information content (AvgIpc) is 3.79. The minimum atomic E-state index is -0.520. The highest BCUT2D eigenvalue weighted by molar-refractivity contribution is 6.23. The zero-order chi connectivity index (χ0) is 34.2. The second-order valence-electron chi connectivity index (χ2n) is 13.2. The molecule has 0 saturated carbocycles. The number of hydrogen-bond acceptors (Lipinski definition) is 6. The fraction of sp³-hybridized carbons (Fsp3) is 0.0217. The first kappa shape index (κ1) is 28.8. The van der Waals surface area contributed by atoms with Gasteiger partial charge < -0.3 is 14.2 Å². The van der Waals surface area contributed by atoms with Gasteiger partial charge >= 0.3 is 0 Å². The van der Waals surface area contributed by atoms with E-state index >= 15 is 0 Å². The predicted molar refractivity (Wildman–Crippen MR) is 211 cm³/mol. The van der Waals surface area contributed by atoms with Crippen molar-refractivity contribution in [3.05, 3.63) is 175 Å². The Morgan fingerprint density at radius 2 is 1.15 bits per heavy atom. The van der Waals surface area contributed by atoms with Crippen molar-refractivity contribution in [2.24, 2.45) is 9.98 Å². The third-order valence-electron chi connectivity index (χ3n) is 10.2. The second-order valence-corrected chi connectivity index (χ2v) is 13.2. The molecule has 0 radical (unpaired) electrons. The molecule has 6 heteroatoms. The smallest absolute Gasteiger partial charge is 0.227 e. The molecular weight excluding hydrogens is 641 g/mol. The Labute approximate surface area is 297 Å². The highest BCUT2D eigenvalue weighted by Crippen LogP contribution is 2.42.